The Morgan fingerprint density at radius 3 is 3.05 bits per heavy atom. The van der Waals surface area contributed by atoms with Crippen molar-refractivity contribution in [2.45, 2.75) is 25.3 Å². The number of aliphatic hydroxyl groups excluding tert-OH is 1. The van der Waals surface area contributed by atoms with Gasteiger partial charge in [-0.3, -0.25) is 9.69 Å². The number of rotatable bonds is 6. The van der Waals surface area contributed by atoms with E-state index < -0.39 is 0 Å². The second-order valence-corrected chi connectivity index (χ2v) is 5.82. The molecule has 6 heteroatoms. The summed E-state index contributed by atoms with van der Waals surface area (Å²) in [5.41, 5.74) is 0.701. The molecule has 1 atom stereocenters. The summed E-state index contributed by atoms with van der Waals surface area (Å²) < 4.78 is 0. The highest BCUT2D eigenvalue weighted by Crippen LogP contribution is 2.22. The largest absolute Gasteiger partial charge is 0.395 e. The third-order valence-electron chi connectivity index (χ3n) is 3.92. The Morgan fingerprint density at radius 1 is 1.55 bits per heavy atom. The maximum atomic E-state index is 12.6. The van der Waals surface area contributed by atoms with Gasteiger partial charge >= 0.3 is 0 Å². The van der Waals surface area contributed by atoms with Crippen molar-refractivity contribution in [3.63, 3.8) is 0 Å². The van der Waals surface area contributed by atoms with Crippen LogP contribution in [0, 0.1) is 11.3 Å². The Bertz CT molecular complexity index is 559. The van der Waals surface area contributed by atoms with E-state index in [9.17, 15) is 9.90 Å². The second kappa shape index (κ2) is 8.14. The first kappa shape index (κ1) is 16.8. The number of anilines is 1. The van der Waals surface area contributed by atoms with Crippen LogP contribution in [-0.4, -0.2) is 48.2 Å². The Labute approximate surface area is 135 Å². The Kier molecular flexibility index (Phi) is 6.20. The van der Waals surface area contributed by atoms with Gasteiger partial charge in [0, 0.05) is 23.3 Å². The van der Waals surface area contributed by atoms with Gasteiger partial charge in [0.2, 0.25) is 5.91 Å². The highest BCUT2D eigenvalue weighted by atomic mass is 35.5. The number of aliphatic hydroxyl groups is 1. The van der Waals surface area contributed by atoms with Gasteiger partial charge in [-0.1, -0.05) is 17.7 Å². The first-order valence-corrected chi connectivity index (χ1v) is 7.81. The lowest BCUT2D eigenvalue weighted by molar-refractivity contribution is -0.120. The minimum absolute atomic E-state index is 0.0566. The molecular formula is C16H20ClN3O2. The van der Waals surface area contributed by atoms with E-state index in [1.807, 2.05) is 11.0 Å². The van der Waals surface area contributed by atoms with Gasteiger partial charge in [-0.25, -0.2) is 0 Å². The molecule has 1 fully saturated rings. The molecule has 2 rings (SSSR count). The van der Waals surface area contributed by atoms with Crippen LogP contribution in [-0.2, 0) is 4.79 Å². The first-order valence-electron chi connectivity index (χ1n) is 7.43. The summed E-state index contributed by atoms with van der Waals surface area (Å²) in [4.78, 5) is 16.2. The number of carbonyl (C=O) groups is 1. The molecule has 22 heavy (non-hydrogen) atoms. The van der Waals surface area contributed by atoms with Gasteiger partial charge in [0.25, 0.3) is 0 Å². The molecule has 0 spiro atoms. The van der Waals surface area contributed by atoms with Crippen molar-refractivity contribution in [3.05, 3.63) is 29.3 Å². The van der Waals surface area contributed by atoms with Gasteiger partial charge in [0.1, 0.15) is 0 Å². The fraction of sp³-hybridized carbons (Fsp3) is 0.500. The van der Waals surface area contributed by atoms with Gasteiger partial charge in [0.15, 0.2) is 0 Å². The summed E-state index contributed by atoms with van der Waals surface area (Å²) in [6.45, 7) is 1.48. The summed E-state index contributed by atoms with van der Waals surface area (Å²) in [6, 6.07) is 9.21. The van der Waals surface area contributed by atoms with E-state index in [0.717, 1.165) is 19.4 Å². The van der Waals surface area contributed by atoms with Crippen LogP contribution in [0.5, 0.6) is 0 Å². The summed E-state index contributed by atoms with van der Waals surface area (Å²) >= 11 is 6.00. The lowest BCUT2D eigenvalue weighted by Gasteiger charge is -2.27. The minimum atomic E-state index is -0.0714. The third-order valence-corrected chi connectivity index (χ3v) is 4.15. The smallest absolute Gasteiger partial charge is 0.241 e. The van der Waals surface area contributed by atoms with Crippen LogP contribution in [0.4, 0.5) is 5.69 Å². The molecule has 1 heterocycles. The molecule has 0 aliphatic carbocycles. The summed E-state index contributed by atoms with van der Waals surface area (Å²) in [7, 11) is 0. The predicted octanol–water partition coefficient (Wildman–Crippen LogP) is 2.04. The van der Waals surface area contributed by atoms with Crippen LogP contribution >= 0.6 is 11.6 Å². The fourth-order valence-corrected chi connectivity index (χ4v) is 2.96. The fourth-order valence-electron chi connectivity index (χ4n) is 2.77. The van der Waals surface area contributed by atoms with Crippen LogP contribution in [0.15, 0.2) is 24.3 Å². The Hall–Kier alpha value is -1.61. The van der Waals surface area contributed by atoms with Crippen LogP contribution in [0.2, 0.25) is 5.02 Å². The molecule has 118 valence electrons. The molecule has 1 N–H and O–H groups in total. The monoisotopic (exact) mass is 321 g/mol. The molecule has 1 aliphatic heterocycles. The number of halogens is 1. The minimum Gasteiger partial charge on any atom is -0.395 e. The zero-order chi connectivity index (χ0) is 15.9. The predicted molar refractivity (Wildman–Crippen MR) is 85.7 cm³/mol. The van der Waals surface area contributed by atoms with Crippen LogP contribution < -0.4 is 4.90 Å². The summed E-state index contributed by atoms with van der Waals surface area (Å²) in [5, 5.41) is 18.7. The molecule has 1 amide bonds. The van der Waals surface area contributed by atoms with Crippen LogP contribution in [0.25, 0.3) is 0 Å². The first-order chi connectivity index (χ1) is 10.7. The number of hydrogen-bond acceptors (Lipinski definition) is 4. The number of likely N-dealkylation sites (tertiary alicyclic amines) is 1. The maximum absolute atomic E-state index is 12.6. The molecule has 1 aliphatic rings. The topological polar surface area (TPSA) is 67.6 Å². The molecule has 0 radical (unpaired) electrons. The highest BCUT2D eigenvalue weighted by molar-refractivity contribution is 6.30. The molecule has 1 aromatic rings. The van der Waals surface area contributed by atoms with Gasteiger partial charge < -0.3 is 10.0 Å². The molecule has 1 aromatic carbocycles. The zero-order valence-electron chi connectivity index (χ0n) is 12.4. The van der Waals surface area contributed by atoms with E-state index in [1.165, 1.54) is 0 Å². The quantitative estimate of drug-likeness (QED) is 0.870. The van der Waals surface area contributed by atoms with E-state index in [2.05, 4.69) is 6.07 Å². The van der Waals surface area contributed by atoms with E-state index in [-0.39, 0.29) is 31.5 Å². The van der Waals surface area contributed by atoms with Crippen molar-refractivity contribution in [1.29, 1.82) is 5.26 Å². The van der Waals surface area contributed by atoms with E-state index in [4.69, 9.17) is 16.9 Å². The summed E-state index contributed by atoms with van der Waals surface area (Å²) in [6.07, 6.45) is 2.18. The average Bonchev–Trinajstić information content (AvgIpc) is 2.95. The van der Waals surface area contributed by atoms with Gasteiger partial charge in [-0.05, 0) is 37.6 Å². The molecular weight excluding hydrogens is 302 g/mol. The summed E-state index contributed by atoms with van der Waals surface area (Å²) in [5.74, 6) is -0.0714. The van der Waals surface area contributed by atoms with Crippen molar-refractivity contribution in [3.8, 4) is 6.07 Å². The molecule has 5 nitrogen and oxygen atoms in total. The lowest BCUT2D eigenvalue weighted by atomic mass is 10.2. The number of nitriles is 1. The van der Waals surface area contributed by atoms with Gasteiger partial charge in [0.05, 0.1) is 25.6 Å². The van der Waals surface area contributed by atoms with Crippen molar-refractivity contribution in [2.24, 2.45) is 0 Å². The zero-order valence-corrected chi connectivity index (χ0v) is 13.2. The number of amides is 1. The number of benzene rings is 1. The number of carbonyl (C=O) groups excluding carboxylic acids is 1. The normalized spacial score (nSPS) is 18.1. The molecule has 0 unspecified atom stereocenters. The van der Waals surface area contributed by atoms with Crippen LogP contribution in [0.1, 0.15) is 19.3 Å². The SMILES string of the molecule is N#CCCN(C(=O)CN1CCC[C@@H]1CO)c1cccc(Cl)c1. The van der Waals surface area contributed by atoms with Crippen molar-refractivity contribution in [2.75, 3.05) is 31.1 Å². The van der Waals surface area contributed by atoms with Gasteiger partial charge in [-0.15, -0.1) is 0 Å². The Balaban J connectivity index is 2.11. The third kappa shape index (κ3) is 4.20. The highest BCUT2D eigenvalue weighted by Gasteiger charge is 2.27. The molecule has 1 saturated heterocycles. The molecule has 0 saturated carbocycles. The van der Waals surface area contributed by atoms with Crippen LogP contribution in [0.3, 0.4) is 0 Å². The second-order valence-electron chi connectivity index (χ2n) is 5.38. The van der Waals surface area contributed by atoms with Crippen molar-refractivity contribution < 1.29 is 9.90 Å². The standard InChI is InChI=1S/C16H20ClN3O2/c17-13-4-1-5-14(10-13)20(9-3-7-18)16(22)11-19-8-2-6-15(19)12-21/h1,4-5,10,15,21H,2-3,6,8-9,11-12H2/t15-/m1/s1. The van der Waals surface area contributed by atoms with Crippen molar-refractivity contribution >= 4 is 23.2 Å². The maximum Gasteiger partial charge on any atom is 0.241 e. The Morgan fingerprint density at radius 2 is 2.36 bits per heavy atom. The number of hydrogen-bond donors (Lipinski definition) is 1. The molecule has 0 aromatic heterocycles. The van der Waals surface area contributed by atoms with E-state index >= 15 is 0 Å². The number of nitrogens with zero attached hydrogens (tertiary/aromatic N) is 3. The average molecular weight is 322 g/mol. The van der Waals surface area contributed by atoms with E-state index in [1.54, 1.807) is 23.1 Å². The van der Waals surface area contributed by atoms with Gasteiger partial charge in [-0.2, -0.15) is 5.26 Å². The lowest BCUT2D eigenvalue weighted by Crippen LogP contribution is -2.43. The van der Waals surface area contributed by atoms with Crippen molar-refractivity contribution in [1.82, 2.24) is 4.90 Å². The van der Waals surface area contributed by atoms with E-state index in [0.29, 0.717) is 17.3 Å². The molecule has 0 bridgehead atoms.